The van der Waals surface area contributed by atoms with E-state index in [9.17, 15) is 27.6 Å². The van der Waals surface area contributed by atoms with Gasteiger partial charge < -0.3 is 25.0 Å². The quantitative estimate of drug-likeness (QED) is 0.648. The number of aliphatic hydroxyl groups is 1. The van der Waals surface area contributed by atoms with Crippen molar-refractivity contribution in [1.29, 1.82) is 0 Å². The van der Waals surface area contributed by atoms with Crippen molar-refractivity contribution in [3.63, 3.8) is 0 Å². The summed E-state index contributed by atoms with van der Waals surface area (Å²) in [6, 6.07) is 0.723. The summed E-state index contributed by atoms with van der Waals surface area (Å²) in [4.78, 5) is 37.9. The summed E-state index contributed by atoms with van der Waals surface area (Å²) in [6.07, 6.45) is -1.77. The zero-order valence-electron chi connectivity index (χ0n) is 16.2. The van der Waals surface area contributed by atoms with E-state index in [4.69, 9.17) is 9.84 Å². The van der Waals surface area contributed by atoms with E-state index >= 15 is 0 Å². The third-order valence-electron chi connectivity index (χ3n) is 4.94. The number of anilines is 2. The molecule has 2 N–H and O–H groups in total. The van der Waals surface area contributed by atoms with Gasteiger partial charge in [0, 0.05) is 39.2 Å². The molecule has 164 valence electrons. The molecule has 2 aliphatic rings. The highest BCUT2D eigenvalue weighted by molar-refractivity contribution is 5.90. The molecule has 3 amide bonds. The van der Waals surface area contributed by atoms with E-state index in [1.54, 1.807) is 0 Å². The number of benzene rings is 1. The first-order valence-corrected chi connectivity index (χ1v) is 9.26. The average Bonchev–Trinajstić information content (AvgIpc) is 3.09. The fraction of sp³-hybridized carbons (Fsp3) is 0.500. The summed E-state index contributed by atoms with van der Waals surface area (Å²) in [5.74, 6) is -4.78. The maximum Gasteiger partial charge on any atom is 0.414 e. The minimum Gasteiger partial charge on any atom is -0.442 e. The molecule has 0 unspecified atom stereocenters. The minimum atomic E-state index is -1.45. The van der Waals surface area contributed by atoms with Crippen molar-refractivity contribution in [3.05, 3.63) is 23.5 Å². The smallest absolute Gasteiger partial charge is 0.414 e. The Morgan fingerprint density at radius 3 is 2.47 bits per heavy atom. The van der Waals surface area contributed by atoms with Crippen molar-refractivity contribution in [3.8, 4) is 0 Å². The van der Waals surface area contributed by atoms with Crippen molar-refractivity contribution < 1.29 is 37.4 Å². The lowest BCUT2D eigenvalue weighted by atomic mass is 10.1. The number of hydrogen-bond donors (Lipinski definition) is 2. The molecule has 0 aliphatic carbocycles. The number of nitrogens with zero attached hydrogens (tertiary/aromatic N) is 3. The van der Waals surface area contributed by atoms with Crippen molar-refractivity contribution in [1.82, 2.24) is 10.2 Å². The van der Waals surface area contributed by atoms with Gasteiger partial charge in [-0.2, -0.15) is 0 Å². The molecular weight excluding hydrogens is 409 g/mol. The van der Waals surface area contributed by atoms with Gasteiger partial charge in [0.1, 0.15) is 18.4 Å². The number of ether oxygens (including phenoxy) is 1. The number of cyclic esters (lactones) is 1. The summed E-state index contributed by atoms with van der Waals surface area (Å²) in [7, 11) is 0. The van der Waals surface area contributed by atoms with Gasteiger partial charge in [0.25, 0.3) is 0 Å². The molecule has 1 aromatic carbocycles. The van der Waals surface area contributed by atoms with E-state index in [1.807, 2.05) is 0 Å². The lowest BCUT2D eigenvalue weighted by Crippen LogP contribution is -2.50. The highest BCUT2D eigenvalue weighted by Crippen LogP contribution is 2.34. The first-order chi connectivity index (χ1) is 14.2. The van der Waals surface area contributed by atoms with Gasteiger partial charge in [-0.1, -0.05) is 0 Å². The van der Waals surface area contributed by atoms with Crippen molar-refractivity contribution in [2.75, 3.05) is 55.7 Å². The van der Waals surface area contributed by atoms with Crippen LogP contribution in [0.25, 0.3) is 0 Å². The maximum absolute atomic E-state index is 14.7. The van der Waals surface area contributed by atoms with Crippen LogP contribution < -0.4 is 15.1 Å². The Morgan fingerprint density at radius 1 is 1.20 bits per heavy atom. The first kappa shape index (κ1) is 21.7. The minimum absolute atomic E-state index is 0.0148. The monoisotopic (exact) mass is 430 g/mol. The first-order valence-electron chi connectivity index (χ1n) is 9.26. The van der Waals surface area contributed by atoms with Crippen LogP contribution >= 0.6 is 0 Å². The maximum atomic E-state index is 14.7. The zero-order valence-corrected chi connectivity index (χ0v) is 16.2. The van der Waals surface area contributed by atoms with Crippen LogP contribution in [0.15, 0.2) is 6.07 Å². The Morgan fingerprint density at radius 2 is 1.87 bits per heavy atom. The molecule has 0 spiro atoms. The molecule has 0 aromatic heterocycles. The van der Waals surface area contributed by atoms with Crippen molar-refractivity contribution in [2.24, 2.45) is 0 Å². The standard InChI is InChI=1S/C18H21F3N4O5/c1-10(27)22-7-11-8-25(18(29)30-11)13-6-12(19)17(16(21)15(13)20)24-4-2-23(3-5-24)14(28)9-26/h6,11,26H,2-5,7-9H2,1H3,(H,22,27)/t11-/m0/s1. The molecule has 3 rings (SSSR count). The molecule has 1 aromatic rings. The van der Waals surface area contributed by atoms with Gasteiger partial charge >= 0.3 is 6.09 Å². The Hall–Kier alpha value is -3.02. The Labute approximate surface area is 170 Å². The molecule has 0 radical (unpaired) electrons. The largest absolute Gasteiger partial charge is 0.442 e. The summed E-state index contributed by atoms with van der Waals surface area (Å²) in [5, 5.41) is 11.3. The van der Waals surface area contributed by atoms with Crippen molar-refractivity contribution >= 4 is 29.3 Å². The van der Waals surface area contributed by atoms with E-state index in [1.165, 1.54) is 16.7 Å². The van der Waals surface area contributed by atoms with Crippen LogP contribution in [0, 0.1) is 17.5 Å². The lowest BCUT2D eigenvalue weighted by Gasteiger charge is -2.36. The summed E-state index contributed by atoms with van der Waals surface area (Å²) < 4.78 is 49.2. The SMILES string of the molecule is CC(=O)NC[C@H]1CN(c2cc(F)c(N3CCN(C(=O)CO)CC3)c(F)c2F)C(=O)O1. The number of halogens is 3. The van der Waals surface area contributed by atoms with Crippen LogP contribution in [0.2, 0.25) is 0 Å². The molecule has 0 bridgehead atoms. The Bertz CT molecular complexity index is 861. The highest BCUT2D eigenvalue weighted by atomic mass is 19.2. The van der Waals surface area contributed by atoms with Crippen LogP contribution in [-0.4, -0.2) is 79.9 Å². The number of piperazine rings is 1. The van der Waals surface area contributed by atoms with Gasteiger partial charge in [0.2, 0.25) is 11.8 Å². The molecule has 1 atom stereocenters. The number of aliphatic hydroxyl groups excluding tert-OH is 1. The van der Waals surface area contributed by atoms with Gasteiger partial charge in [-0.15, -0.1) is 0 Å². The van der Waals surface area contributed by atoms with E-state index < -0.39 is 53.5 Å². The molecule has 2 fully saturated rings. The third-order valence-corrected chi connectivity index (χ3v) is 4.94. The Balaban J connectivity index is 1.78. The molecule has 2 saturated heterocycles. The van der Waals surface area contributed by atoms with Crippen LogP contribution in [0.5, 0.6) is 0 Å². The number of carbonyl (C=O) groups excluding carboxylic acids is 3. The van der Waals surface area contributed by atoms with E-state index in [0.29, 0.717) is 0 Å². The van der Waals surface area contributed by atoms with Crippen molar-refractivity contribution in [2.45, 2.75) is 13.0 Å². The summed E-state index contributed by atoms with van der Waals surface area (Å²) in [5.41, 5.74) is -1.19. The molecule has 12 heteroatoms. The third kappa shape index (κ3) is 4.27. The lowest BCUT2D eigenvalue weighted by molar-refractivity contribution is -0.134. The van der Waals surface area contributed by atoms with E-state index in [2.05, 4.69) is 5.32 Å². The predicted molar refractivity (Wildman–Crippen MR) is 98.5 cm³/mol. The second-order valence-electron chi connectivity index (χ2n) is 6.93. The number of amides is 3. The van der Waals surface area contributed by atoms with Gasteiger partial charge in [0.15, 0.2) is 17.5 Å². The number of carbonyl (C=O) groups is 3. The molecular formula is C18H21F3N4O5. The second-order valence-corrected chi connectivity index (χ2v) is 6.93. The van der Waals surface area contributed by atoms with Gasteiger partial charge in [-0.05, 0) is 0 Å². The molecule has 2 heterocycles. The molecule has 0 saturated carbocycles. The van der Waals surface area contributed by atoms with Crippen LogP contribution in [0.1, 0.15) is 6.92 Å². The predicted octanol–water partition coefficient (Wildman–Crippen LogP) is 0.206. The van der Waals surface area contributed by atoms with Gasteiger partial charge in [-0.25, -0.2) is 18.0 Å². The Kier molecular flexibility index (Phi) is 6.34. The fourth-order valence-electron chi connectivity index (χ4n) is 3.42. The second kappa shape index (κ2) is 8.78. The van der Waals surface area contributed by atoms with Gasteiger partial charge in [0.05, 0.1) is 18.8 Å². The van der Waals surface area contributed by atoms with Crippen LogP contribution in [0.3, 0.4) is 0 Å². The highest BCUT2D eigenvalue weighted by Gasteiger charge is 2.36. The molecule has 9 nitrogen and oxygen atoms in total. The van der Waals surface area contributed by atoms with Crippen LogP contribution in [-0.2, 0) is 14.3 Å². The van der Waals surface area contributed by atoms with Crippen LogP contribution in [0.4, 0.5) is 29.3 Å². The number of rotatable bonds is 5. The fourth-order valence-corrected chi connectivity index (χ4v) is 3.42. The average molecular weight is 430 g/mol. The summed E-state index contributed by atoms with van der Waals surface area (Å²) in [6.45, 7) is 0.731. The topological polar surface area (TPSA) is 102 Å². The van der Waals surface area contributed by atoms with Gasteiger partial charge in [-0.3, -0.25) is 14.5 Å². The van der Waals surface area contributed by atoms with E-state index in [-0.39, 0.29) is 45.2 Å². The number of nitrogens with one attached hydrogen (secondary N) is 1. The van der Waals surface area contributed by atoms with E-state index in [0.717, 1.165) is 11.0 Å². The molecule has 2 aliphatic heterocycles. The zero-order chi connectivity index (χ0) is 22.0. The summed E-state index contributed by atoms with van der Waals surface area (Å²) >= 11 is 0. The normalized spacial score (nSPS) is 19.2. The molecule has 30 heavy (non-hydrogen) atoms. The number of hydrogen-bond acceptors (Lipinski definition) is 6.